The fraction of sp³-hybridized carbons (Fsp3) is 0.278. The van der Waals surface area contributed by atoms with Gasteiger partial charge in [-0.2, -0.15) is 0 Å². The van der Waals surface area contributed by atoms with Gasteiger partial charge in [-0.15, -0.1) is 0 Å². The zero-order valence-electron chi connectivity index (χ0n) is 15.8. The molecule has 1 aliphatic carbocycles. The van der Waals surface area contributed by atoms with E-state index in [9.17, 15) is 14.4 Å². The predicted octanol–water partition coefficient (Wildman–Crippen LogP) is -1.54. The number of aryl methyl sites for hydroxylation is 1. The normalized spacial score (nSPS) is 17.3. The Morgan fingerprint density at radius 3 is 2.69 bits per heavy atom. The molecule has 3 heterocycles. The highest BCUT2D eigenvalue weighted by Crippen LogP contribution is 2.23. The molecule has 11 heteroatoms. The van der Waals surface area contributed by atoms with Crippen LogP contribution in [0.1, 0.15) is 6.42 Å². The lowest BCUT2D eigenvalue weighted by atomic mass is 10.1. The van der Waals surface area contributed by atoms with Crippen LogP contribution in [0.3, 0.4) is 0 Å². The number of nitrogens with two attached hydrogens (primary N) is 2. The fourth-order valence-electron chi connectivity index (χ4n) is 3.38. The molecular weight excluding hydrogens is 376 g/mol. The first-order chi connectivity index (χ1) is 13.8. The van der Waals surface area contributed by atoms with E-state index in [1.165, 1.54) is 16.8 Å². The minimum atomic E-state index is -0.447. The third kappa shape index (κ3) is 3.37. The number of carbonyl (C=O) groups excluding carboxylic acids is 2. The molecular formula is C18H21N8O3+. The van der Waals surface area contributed by atoms with Gasteiger partial charge in [0.1, 0.15) is 12.4 Å². The monoisotopic (exact) mass is 397 g/mol. The maximum atomic E-state index is 12.5. The summed E-state index contributed by atoms with van der Waals surface area (Å²) in [5.41, 5.74) is 12.1. The van der Waals surface area contributed by atoms with Crippen molar-refractivity contribution in [2.75, 3.05) is 5.73 Å². The minimum absolute atomic E-state index is 0.0323. The molecule has 2 aromatic heterocycles. The van der Waals surface area contributed by atoms with Gasteiger partial charge in [0.25, 0.3) is 11.5 Å². The summed E-state index contributed by atoms with van der Waals surface area (Å²) < 4.78 is 6.68. The van der Waals surface area contributed by atoms with E-state index in [-0.39, 0.29) is 46.6 Å². The highest BCUT2D eigenvalue weighted by atomic mass is 16.2. The van der Waals surface area contributed by atoms with Crippen molar-refractivity contribution < 1.29 is 14.2 Å². The summed E-state index contributed by atoms with van der Waals surface area (Å²) in [6, 6.07) is 0. The van der Waals surface area contributed by atoms with E-state index in [2.05, 4.69) is 10.3 Å². The molecule has 2 aromatic rings. The molecule has 0 bridgehead atoms. The average Bonchev–Trinajstić information content (AvgIpc) is 3.35. The van der Waals surface area contributed by atoms with Crippen molar-refractivity contribution in [1.82, 2.24) is 19.2 Å². The van der Waals surface area contributed by atoms with Crippen LogP contribution in [0.15, 0.2) is 52.1 Å². The number of hydrogen-bond donors (Lipinski definition) is 3. The third-order valence-corrected chi connectivity index (χ3v) is 4.77. The van der Waals surface area contributed by atoms with Crippen LogP contribution in [0.4, 0.5) is 11.5 Å². The number of hydrogen-bond acceptors (Lipinski definition) is 6. The van der Waals surface area contributed by atoms with Gasteiger partial charge in [-0.25, -0.2) is 18.8 Å². The van der Waals surface area contributed by atoms with Crippen molar-refractivity contribution in [2.24, 2.45) is 17.8 Å². The van der Waals surface area contributed by atoms with Gasteiger partial charge in [-0.1, -0.05) is 0 Å². The maximum Gasteiger partial charge on any atom is 0.294 e. The first-order valence-corrected chi connectivity index (χ1v) is 9.05. The van der Waals surface area contributed by atoms with Crippen molar-refractivity contribution >= 4 is 28.9 Å². The largest absolute Gasteiger partial charge is 0.397 e. The molecule has 0 saturated heterocycles. The first-order valence-electron chi connectivity index (χ1n) is 9.05. The molecule has 0 fully saturated rings. The summed E-state index contributed by atoms with van der Waals surface area (Å²) in [4.78, 5) is 41.3. The van der Waals surface area contributed by atoms with Gasteiger partial charge in [0.05, 0.1) is 24.2 Å². The fourth-order valence-corrected chi connectivity index (χ4v) is 3.38. The number of aliphatic imine (C=N–C) groups is 1. The molecule has 1 aliphatic heterocycles. The van der Waals surface area contributed by atoms with Crippen molar-refractivity contribution in [2.45, 2.75) is 26.1 Å². The first kappa shape index (κ1) is 18.5. The van der Waals surface area contributed by atoms with Crippen LogP contribution in [0.5, 0.6) is 0 Å². The number of fused-ring (bicyclic) bond motifs is 1. The molecule has 0 saturated carbocycles. The molecule has 2 aliphatic rings. The second kappa shape index (κ2) is 6.93. The van der Waals surface area contributed by atoms with Crippen LogP contribution in [-0.2, 0) is 36.3 Å². The highest BCUT2D eigenvalue weighted by Gasteiger charge is 2.24. The second-order valence-corrected chi connectivity index (χ2v) is 6.96. The Morgan fingerprint density at radius 1 is 1.24 bits per heavy atom. The molecule has 5 N–H and O–H groups in total. The second-order valence-electron chi connectivity index (χ2n) is 6.96. The standard InChI is InChI=1S/C18H20N8O3/c1-23-5-6-24(10-23)9-15(28)21-13-8-12(11(19)7-14(13)27)22-16-17(20)25-3-2-4-26(25)18(16)29/h5-8,10H,2-4,9H2,1H3,(H4-,19,20,21,22,27,28,29)/p+1. The molecule has 29 heavy (non-hydrogen) atoms. The van der Waals surface area contributed by atoms with E-state index >= 15 is 0 Å². The lowest BCUT2D eigenvalue weighted by molar-refractivity contribution is -0.671. The number of nitrogen functional groups attached to an aromatic ring is 1. The quantitative estimate of drug-likeness (QED) is 0.423. The Hall–Kier alpha value is -3.89. The van der Waals surface area contributed by atoms with E-state index < -0.39 is 5.78 Å². The molecule has 0 aromatic carbocycles. The van der Waals surface area contributed by atoms with Crippen molar-refractivity contribution in [1.29, 1.82) is 0 Å². The summed E-state index contributed by atoms with van der Waals surface area (Å²) in [5.74, 6) is -0.572. The number of nitrogens with zero attached hydrogens (tertiary/aromatic N) is 5. The topological polar surface area (TPSA) is 146 Å². The molecule has 0 atom stereocenters. The van der Waals surface area contributed by atoms with Gasteiger partial charge < -0.3 is 16.8 Å². The minimum Gasteiger partial charge on any atom is -0.397 e. The molecule has 0 unspecified atom stereocenters. The van der Waals surface area contributed by atoms with Crippen LogP contribution < -0.4 is 26.9 Å². The Labute approximate surface area is 165 Å². The SMILES string of the molecule is C[n+]1ccn(CC(=O)NC2=C/C(=N\c3c(N)n4n(c3=O)CCC4)C(N)=CC2=O)c1. The average molecular weight is 397 g/mol. The van der Waals surface area contributed by atoms with E-state index in [1.54, 1.807) is 32.5 Å². The molecule has 150 valence electrons. The summed E-state index contributed by atoms with van der Waals surface area (Å²) in [6.07, 6.45) is 8.64. The van der Waals surface area contributed by atoms with Gasteiger partial charge in [0.2, 0.25) is 12.1 Å². The molecule has 0 radical (unpaired) electrons. The highest BCUT2D eigenvalue weighted by molar-refractivity contribution is 6.22. The predicted molar refractivity (Wildman–Crippen MR) is 104 cm³/mol. The Kier molecular flexibility index (Phi) is 4.41. The number of ketones is 1. The van der Waals surface area contributed by atoms with Gasteiger partial charge in [0, 0.05) is 19.2 Å². The zero-order chi connectivity index (χ0) is 20.7. The number of rotatable bonds is 4. The smallest absolute Gasteiger partial charge is 0.294 e. The number of imidazole rings is 1. The number of aromatic nitrogens is 4. The van der Waals surface area contributed by atoms with E-state index in [0.717, 1.165) is 6.42 Å². The lowest BCUT2D eigenvalue weighted by Crippen LogP contribution is -2.33. The van der Waals surface area contributed by atoms with Crippen molar-refractivity contribution in [3.05, 3.63) is 52.6 Å². The number of carbonyl (C=O) groups is 2. The van der Waals surface area contributed by atoms with Crippen molar-refractivity contribution in [3.8, 4) is 0 Å². The molecule has 0 spiro atoms. The van der Waals surface area contributed by atoms with E-state index in [1.807, 2.05) is 7.05 Å². The Bertz CT molecular complexity index is 1170. The number of amides is 1. The van der Waals surface area contributed by atoms with E-state index in [0.29, 0.717) is 13.1 Å². The lowest BCUT2D eigenvalue weighted by Gasteiger charge is -2.13. The summed E-state index contributed by atoms with van der Waals surface area (Å²) >= 11 is 0. The maximum absolute atomic E-state index is 12.5. The number of nitrogens with one attached hydrogen (secondary N) is 1. The Balaban J connectivity index is 1.61. The van der Waals surface area contributed by atoms with Crippen LogP contribution in [-0.4, -0.2) is 31.3 Å². The van der Waals surface area contributed by atoms with Crippen LogP contribution in [0.25, 0.3) is 0 Å². The Morgan fingerprint density at radius 2 is 2.00 bits per heavy atom. The van der Waals surface area contributed by atoms with Gasteiger partial charge in [-0.05, 0) is 12.5 Å². The van der Waals surface area contributed by atoms with Crippen molar-refractivity contribution in [3.63, 3.8) is 0 Å². The molecule has 11 nitrogen and oxygen atoms in total. The van der Waals surface area contributed by atoms with Crippen LogP contribution >= 0.6 is 0 Å². The summed E-state index contributed by atoms with van der Waals surface area (Å²) in [6.45, 7) is 1.26. The summed E-state index contributed by atoms with van der Waals surface area (Å²) in [5, 5.41) is 2.57. The summed E-state index contributed by atoms with van der Waals surface area (Å²) in [7, 11) is 1.84. The van der Waals surface area contributed by atoms with Gasteiger partial charge in [-0.3, -0.25) is 19.1 Å². The van der Waals surface area contributed by atoms with Crippen LogP contribution in [0.2, 0.25) is 0 Å². The number of allylic oxidation sites excluding steroid dienone is 2. The number of anilines is 1. The third-order valence-electron chi connectivity index (χ3n) is 4.77. The molecule has 4 rings (SSSR count). The van der Waals surface area contributed by atoms with Crippen LogP contribution in [0, 0.1) is 0 Å². The van der Waals surface area contributed by atoms with Gasteiger partial charge >= 0.3 is 0 Å². The molecule has 1 amide bonds. The van der Waals surface area contributed by atoms with E-state index in [4.69, 9.17) is 11.5 Å². The zero-order valence-corrected chi connectivity index (χ0v) is 15.8. The van der Waals surface area contributed by atoms with Gasteiger partial charge in [0.15, 0.2) is 18.1 Å².